The minimum atomic E-state index is -0.253. The Morgan fingerprint density at radius 1 is 1.03 bits per heavy atom. The summed E-state index contributed by atoms with van der Waals surface area (Å²) in [7, 11) is 0. The number of rotatable bonds is 8. The van der Waals surface area contributed by atoms with Crippen LogP contribution in [0.5, 0.6) is 0 Å². The van der Waals surface area contributed by atoms with Gasteiger partial charge >= 0.3 is 0 Å². The quantitative estimate of drug-likeness (QED) is 0.254. The van der Waals surface area contributed by atoms with Crippen LogP contribution in [0.25, 0.3) is 11.6 Å². The maximum absolute atomic E-state index is 13.5. The van der Waals surface area contributed by atoms with Crippen molar-refractivity contribution in [1.29, 1.82) is 0 Å². The molecule has 3 N–H and O–H groups in total. The second-order valence-corrected chi connectivity index (χ2v) is 9.32. The zero-order valence-electron chi connectivity index (χ0n) is 20.4. The molecule has 1 saturated heterocycles. The van der Waals surface area contributed by atoms with Gasteiger partial charge in [-0.25, -0.2) is 0 Å². The summed E-state index contributed by atoms with van der Waals surface area (Å²) in [5.74, 6) is -0.692. The minimum absolute atomic E-state index is 0.198. The molecule has 0 spiro atoms. The van der Waals surface area contributed by atoms with Crippen LogP contribution in [-0.4, -0.2) is 53.7 Å². The summed E-state index contributed by atoms with van der Waals surface area (Å²) in [6.07, 6.45) is 5.03. The van der Waals surface area contributed by atoms with Gasteiger partial charge in [0.15, 0.2) is 5.78 Å². The van der Waals surface area contributed by atoms with Crippen molar-refractivity contribution in [3.63, 3.8) is 0 Å². The number of aromatic amines is 1. The zero-order chi connectivity index (χ0) is 25.1. The number of ketones is 1. The van der Waals surface area contributed by atoms with E-state index in [2.05, 4.69) is 20.5 Å². The number of benzene rings is 2. The Labute approximate surface area is 210 Å². The molecule has 2 amide bonds. The summed E-state index contributed by atoms with van der Waals surface area (Å²) < 4.78 is 0. The van der Waals surface area contributed by atoms with E-state index in [1.807, 2.05) is 42.5 Å². The molecular weight excluding hydrogens is 452 g/mol. The smallest absolute Gasteiger partial charge is 0.268 e. The molecule has 0 radical (unpaired) electrons. The van der Waals surface area contributed by atoms with Gasteiger partial charge in [0.25, 0.3) is 11.8 Å². The second-order valence-electron chi connectivity index (χ2n) is 9.32. The first-order valence-electron chi connectivity index (χ1n) is 12.5. The normalized spacial score (nSPS) is 16.2. The lowest BCUT2D eigenvalue weighted by molar-refractivity contribution is -0.110. The second kappa shape index (κ2) is 10.3. The van der Waals surface area contributed by atoms with Crippen LogP contribution in [0.2, 0.25) is 0 Å². The molecule has 184 valence electrons. The monoisotopic (exact) mass is 482 g/mol. The number of fused-ring (bicyclic) bond motifs is 1. The van der Waals surface area contributed by atoms with Gasteiger partial charge in [-0.15, -0.1) is 0 Å². The SMILES string of the molecule is Cc1c(C(=O)NCCCN2CCCC2)[nH]c(/C=C2\C(=O)Nc3ccccc32)c1C(=O)c1ccccc1. The fraction of sp³-hybridized carbons (Fsp3) is 0.276. The first-order chi connectivity index (χ1) is 17.5. The number of nitrogens with zero attached hydrogens (tertiary/aromatic N) is 1. The fourth-order valence-electron chi connectivity index (χ4n) is 5.01. The number of anilines is 1. The summed E-state index contributed by atoms with van der Waals surface area (Å²) >= 11 is 0. The molecule has 0 bridgehead atoms. The molecular formula is C29H30N4O3. The van der Waals surface area contributed by atoms with Crippen LogP contribution < -0.4 is 10.6 Å². The van der Waals surface area contributed by atoms with E-state index in [1.165, 1.54) is 12.8 Å². The average molecular weight is 483 g/mol. The number of hydrogen-bond donors (Lipinski definition) is 3. The Balaban J connectivity index is 1.46. The van der Waals surface area contributed by atoms with Gasteiger partial charge in [0.05, 0.1) is 16.8 Å². The Bertz CT molecular complexity index is 1330. The Kier molecular flexibility index (Phi) is 6.82. The van der Waals surface area contributed by atoms with E-state index in [0.29, 0.717) is 40.2 Å². The third-order valence-electron chi connectivity index (χ3n) is 6.90. The lowest BCUT2D eigenvalue weighted by atomic mass is 9.97. The largest absolute Gasteiger partial charge is 0.351 e. The van der Waals surface area contributed by atoms with Crippen molar-refractivity contribution in [2.75, 3.05) is 31.5 Å². The highest BCUT2D eigenvalue weighted by Crippen LogP contribution is 2.34. The number of carbonyl (C=O) groups excluding carboxylic acids is 3. The predicted molar refractivity (Wildman–Crippen MR) is 141 cm³/mol. The van der Waals surface area contributed by atoms with Crippen molar-refractivity contribution in [3.8, 4) is 0 Å². The van der Waals surface area contributed by atoms with Crippen LogP contribution >= 0.6 is 0 Å². The summed E-state index contributed by atoms with van der Waals surface area (Å²) in [6.45, 7) is 5.55. The molecule has 2 aliphatic heterocycles. The van der Waals surface area contributed by atoms with Gasteiger partial charge in [-0.2, -0.15) is 0 Å². The number of likely N-dealkylation sites (tertiary alicyclic amines) is 1. The molecule has 3 aromatic rings. The maximum Gasteiger partial charge on any atom is 0.268 e. The van der Waals surface area contributed by atoms with Gasteiger partial charge in [-0.1, -0.05) is 48.5 Å². The summed E-state index contributed by atoms with van der Waals surface area (Å²) in [6, 6.07) is 16.4. The molecule has 0 saturated carbocycles. The van der Waals surface area contributed by atoms with Crippen molar-refractivity contribution < 1.29 is 14.4 Å². The lowest BCUT2D eigenvalue weighted by Crippen LogP contribution is -2.29. The molecule has 0 atom stereocenters. The number of para-hydroxylation sites is 1. The number of hydrogen-bond acceptors (Lipinski definition) is 4. The maximum atomic E-state index is 13.5. The molecule has 2 aromatic carbocycles. The van der Waals surface area contributed by atoms with E-state index >= 15 is 0 Å². The molecule has 0 aliphatic carbocycles. The minimum Gasteiger partial charge on any atom is -0.351 e. The molecule has 1 fully saturated rings. The van der Waals surface area contributed by atoms with Crippen molar-refractivity contribution >= 4 is 34.9 Å². The van der Waals surface area contributed by atoms with Gasteiger partial charge in [-0.3, -0.25) is 14.4 Å². The van der Waals surface area contributed by atoms with Crippen molar-refractivity contribution in [1.82, 2.24) is 15.2 Å². The van der Waals surface area contributed by atoms with Crippen LogP contribution in [0.3, 0.4) is 0 Å². The van der Waals surface area contributed by atoms with Gasteiger partial charge in [-0.05, 0) is 63.5 Å². The number of nitrogens with one attached hydrogen (secondary N) is 3. The van der Waals surface area contributed by atoms with Gasteiger partial charge < -0.3 is 20.5 Å². The Morgan fingerprint density at radius 3 is 2.53 bits per heavy atom. The van der Waals surface area contributed by atoms with Crippen LogP contribution in [0.4, 0.5) is 5.69 Å². The highest BCUT2D eigenvalue weighted by Gasteiger charge is 2.28. The summed E-state index contributed by atoms with van der Waals surface area (Å²) in [4.78, 5) is 45.0. The number of aromatic nitrogens is 1. The average Bonchev–Trinajstić information content (AvgIpc) is 3.60. The molecule has 36 heavy (non-hydrogen) atoms. The van der Waals surface area contributed by atoms with Crippen LogP contribution in [0, 0.1) is 6.92 Å². The number of amides is 2. The third kappa shape index (κ3) is 4.75. The Hall–Kier alpha value is -3.97. The van der Waals surface area contributed by atoms with Gasteiger partial charge in [0, 0.05) is 23.4 Å². The zero-order valence-corrected chi connectivity index (χ0v) is 20.4. The number of H-pyrrole nitrogens is 1. The molecule has 5 rings (SSSR count). The van der Waals surface area contributed by atoms with E-state index in [0.717, 1.165) is 37.3 Å². The van der Waals surface area contributed by atoms with E-state index < -0.39 is 0 Å². The summed E-state index contributed by atoms with van der Waals surface area (Å²) in [5, 5.41) is 5.85. The van der Waals surface area contributed by atoms with Crippen LogP contribution in [-0.2, 0) is 4.79 Å². The Morgan fingerprint density at radius 2 is 1.75 bits per heavy atom. The fourth-order valence-corrected chi connectivity index (χ4v) is 5.01. The highest BCUT2D eigenvalue weighted by atomic mass is 16.2. The van der Waals surface area contributed by atoms with Gasteiger partial charge in [0.2, 0.25) is 0 Å². The van der Waals surface area contributed by atoms with Crippen molar-refractivity contribution in [2.45, 2.75) is 26.2 Å². The molecule has 3 heterocycles. The van der Waals surface area contributed by atoms with Crippen molar-refractivity contribution in [2.24, 2.45) is 0 Å². The van der Waals surface area contributed by atoms with Crippen molar-refractivity contribution in [3.05, 3.63) is 88.2 Å². The first-order valence-corrected chi connectivity index (χ1v) is 12.5. The van der Waals surface area contributed by atoms with E-state index in [1.54, 1.807) is 25.1 Å². The predicted octanol–water partition coefficient (Wildman–Crippen LogP) is 4.26. The van der Waals surface area contributed by atoms with Gasteiger partial charge in [0.1, 0.15) is 5.69 Å². The highest BCUT2D eigenvalue weighted by molar-refractivity contribution is 6.35. The molecule has 7 heteroatoms. The molecule has 0 unspecified atom stereocenters. The van der Waals surface area contributed by atoms with E-state index in [9.17, 15) is 14.4 Å². The molecule has 7 nitrogen and oxygen atoms in total. The van der Waals surface area contributed by atoms with Crippen LogP contribution in [0.1, 0.15) is 62.5 Å². The first kappa shape index (κ1) is 23.8. The van der Waals surface area contributed by atoms with E-state index in [4.69, 9.17) is 0 Å². The lowest BCUT2D eigenvalue weighted by Gasteiger charge is -2.14. The van der Waals surface area contributed by atoms with E-state index in [-0.39, 0.29) is 17.6 Å². The molecule has 1 aromatic heterocycles. The summed E-state index contributed by atoms with van der Waals surface area (Å²) in [5.41, 5.74) is 4.22. The standard InChI is InChI=1S/C29H30N4O3/c1-19-25(27(34)20-10-3-2-4-11-20)24(18-22-21-12-5-6-13-23(21)32-28(22)35)31-26(19)29(36)30-14-9-17-33-15-7-8-16-33/h2-6,10-13,18,31H,7-9,14-17H2,1H3,(H,30,36)(H,32,35)/b22-18-. The number of carbonyl (C=O) groups is 3. The third-order valence-corrected chi connectivity index (χ3v) is 6.90. The molecule has 2 aliphatic rings. The topological polar surface area (TPSA) is 94.3 Å². The van der Waals surface area contributed by atoms with Crippen LogP contribution in [0.15, 0.2) is 54.6 Å².